The summed E-state index contributed by atoms with van der Waals surface area (Å²) in [4.78, 5) is 14.2. The fourth-order valence-electron chi connectivity index (χ4n) is 2.24. The first-order valence-electron chi connectivity index (χ1n) is 5.97. The van der Waals surface area contributed by atoms with Crippen LogP contribution in [0.4, 0.5) is 5.69 Å². The predicted molar refractivity (Wildman–Crippen MR) is 71.8 cm³/mol. The van der Waals surface area contributed by atoms with Crippen LogP contribution in [-0.2, 0) is 4.74 Å². The fourth-order valence-corrected chi connectivity index (χ4v) is 2.41. The molecule has 1 aliphatic rings. The van der Waals surface area contributed by atoms with Gasteiger partial charge in [-0.3, -0.25) is 4.79 Å². The SMILES string of the molecule is C[C@@H]1CN(C(=O)c2cccc(Cl)c2N)C[C@H](C)O1. The van der Waals surface area contributed by atoms with Gasteiger partial charge in [0, 0.05) is 13.1 Å². The van der Waals surface area contributed by atoms with E-state index in [0.29, 0.717) is 29.4 Å². The number of hydrogen-bond acceptors (Lipinski definition) is 3. The molecule has 98 valence electrons. The maximum atomic E-state index is 12.4. The molecule has 1 aromatic rings. The molecule has 1 fully saturated rings. The lowest BCUT2D eigenvalue weighted by molar-refractivity contribution is -0.0585. The van der Waals surface area contributed by atoms with Crippen LogP contribution in [0.5, 0.6) is 0 Å². The number of nitrogens with zero attached hydrogens (tertiary/aromatic N) is 1. The van der Waals surface area contributed by atoms with E-state index in [1.807, 2.05) is 13.8 Å². The molecule has 1 saturated heterocycles. The van der Waals surface area contributed by atoms with Crippen molar-refractivity contribution in [3.63, 3.8) is 0 Å². The number of amides is 1. The second-order valence-corrected chi connectivity index (χ2v) is 5.08. The Hall–Kier alpha value is -1.26. The summed E-state index contributed by atoms with van der Waals surface area (Å²) in [5.74, 6) is -0.0861. The number of ether oxygens (including phenoxy) is 1. The molecule has 0 unspecified atom stereocenters. The summed E-state index contributed by atoms with van der Waals surface area (Å²) in [6.45, 7) is 5.07. The molecule has 1 aromatic carbocycles. The van der Waals surface area contributed by atoms with Gasteiger partial charge in [0.1, 0.15) is 0 Å². The van der Waals surface area contributed by atoms with E-state index in [1.165, 1.54) is 0 Å². The van der Waals surface area contributed by atoms with Crippen molar-refractivity contribution in [2.24, 2.45) is 0 Å². The van der Waals surface area contributed by atoms with E-state index >= 15 is 0 Å². The van der Waals surface area contributed by atoms with E-state index in [1.54, 1.807) is 23.1 Å². The Bertz CT molecular complexity index is 454. The number of carbonyl (C=O) groups is 1. The second kappa shape index (κ2) is 5.16. The monoisotopic (exact) mass is 268 g/mol. The van der Waals surface area contributed by atoms with Gasteiger partial charge in [-0.05, 0) is 26.0 Å². The molecule has 4 nitrogen and oxygen atoms in total. The van der Waals surface area contributed by atoms with Gasteiger partial charge in [-0.15, -0.1) is 0 Å². The molecule has 2 rings (SSSR count). The topological polar surface area (TPSA) is 55.6 Å². The van der Waals surface area contributed by atoms with Crippen LogP contribution < -0.4 is 5.73 Å². The van der Waals surface area contributed by atoms with Crippen molar-refractivity contribution < 1.29 is 9.53 Å². The van der Waals surface area contributed by atoms with Gasteiger partial charge in [-0.2, -0.15) is 0 Å². The van der Waals surface area contributed by atoms with Crippen molar-refractivity contribution in [3.8, 4) is 0 Å². The van der Waals surface area contributed by atoms with Gasteiger partial charge in [0.05, 0.1) is 28.5 Å². The van der Waals surface area contributed by atoms with E-state index in [4.69, 9.17) is 22.1 Å². The molecular formula is C13H17ClN2O2. The highest BCUT2D eigenvalue weighted by Gasteiger charge is 2.27. The summed E-state index contributed by atoms with van der Waals surface area (Å²) in [5, 5.41) is 0.412. The van der Waals surface area contributed by atoms with Crippen molar-refractivity contribution in [3.05, 3.63) is 28.8 Å². The Balaban J connectivity index is 2.23. The standard InChI is InChI=1S/C13H17ClN2O2/c1-8-6-16(7-9(2)18-8)13(17)10-4-3-5-11(14)12(10)15/h3-5,8-9H,6-7,15H2,1-2H3/t8-,9+. The van der Waals surface area contributed by atoms with Crippen LogP contribution in [0, 0.1) is 0 Å². The number of nitrogen functional groups attached to an aromatic ring is 1. The number of carbonyl (C=O) groups excluding carboxylic acids is 1. The van der Waals surface area contributed by atoms with Crippen LogP contribution in [0.2, 0.25) is 5.02 Å². The number of benzene rings is 1. The maximum absolute atomic E-state index is 12.4. The average molecular weight is 269 g/mol. The van der Waals surface area contributed by atoms with Crippen molar-refractivity contribution in [2.45, 2.75) is 26.1 Å². The number of anilines is 1. The molecule has 5 heteroatoms. The lowest BCUT2D eigenvalue weighted by Crippen LogP contribution is -2.48. The van der Waals surface area contributed by atoms with Crippen LogP contribution in [-0.4, -0.2) is 36.1 Å². The Kier molecular flexibility index (Phi) is 3.78. The minimum atomic E-state index is -0.0861. The zero-order valence-corrected chi connectivity index (χ0v) is 11.3. The molecule has 2 N–H and O–H groups in total. The third-order valence-electron chi connectivity index (χ3n) is 2.99. The number of nitrogens with two attached hydrogens (primary N) is 1. The summed E-state index contributed by atoms with van der Waals surface area (Å²) in [5.41, 5.74) is 6.65. The lowest BCUT2D eigenvalue weighted by Gasteiger charge is -2.35. The first-order chi connectivity index (χ1) is 8.49. The Morgan fingerprint density at radius 3 is 2.61 bits per heavy atom. The van der Waals surface area contributed by atoms with E-state index in [9.17, 15) is 4.79 Å². The minimum absolute atomic E-state index is 0.0399. The molecule has 0 aromatic heterocycles. The Labute approximate surface area is 112 Å². The van der Waals surface area contributed by atoms with Gasteiger partial charge >= 0.3 is 0 Å². The average Bonchev–Trinajstić information content (AvgIpc) is 2.30. The van der Waals surface area contributed by atoms with Crippen molar-refractivity contribution >= 4 is 23.2 Å². The molecule has 1 heterocycles. The smallest absolute Gasteiger partial charge is 0.256 e. The van der Waals surface area contributed by atoms with Crippen LogP contribution in [0.25, 0.3) is 0 Å². The fraction of sp³-hybridized carbons (Fsp3) is 0.462. The normalized spacial score (nSPS) is 24.1. The zero-order chi connectivity index (χ0) is 13.3. The molecule has 1 amide bonds. The van der Waals surface area contributed by atoms with Gasteiger partial charge in [-0.25, -0.2) is 0 Å². The maximum Gasteiger partial charge on any atom is 0.256 e. The molecule has 0 spiro atoms. The molecule has 0 bridgehead atoms. The van der Waals surface area contributed by atoms with E-state index in [-0.39, 0.29) is 18.1 Å². The zero-order valence-electron chi connectivity index (χ0n) is 10.5. The van der Waals surface area contributed by atoms with Crippen LogP contribution in [0.3, 0.4) is 0 Å². The summed E-state index contributed by atoms with van der Waals surface area (Å²) in [6, 6.07) is 5.12. The third kappa shape index (κ3) is 2.60. The van der Waals surface area contributed by atoms with Crippen LogP contribution in [0.15, 0.2) is 18.2 Å². The molecule has 0 aliphatic carbocycles. The number of halogens is 1. The number of morpholine rings is 1. The van der Waals surface area contributed by atoms with Crippen molar-refractivity contribution in [1.29, 1.82) is 0 Å². The molecular weight excluding hydrogens is 252 g/mol. The summed E-state index contributed by atoms with van der Waals surface area (Å²) >= 11 is 5.93. The van der Waals surface area contributed by atoms with E-state index in [0.717, 1.165) is 0 Å². The largest absolute Gasteiger partial charge is 0.397 e. The number of para-hydroxylation sites is 1. The van der Waals surface area contributed by atoms with Crippen LogP contribution in [0.1, 0.15) is 24.2 Å². The minimum Gasteiger partial charge on any atom is -0.397 e. The van der Waals surface area contributed by atoms with Gasteiger partial charge in [0.15, 0.2) is 0 Å². The molecule has 0 radical (unpaired) electrons. The first kappa shape index (κ1) is 13.2. The number of rotatable bonds is 1. The highest BCUT2D eigenvalue weighted by Crippen LogP contribution is 2.24. The summed E-state index contributed by atoms with van der Waals surface area (Å²) < 4.78 is 5.61. The lowest BCUT2D eigenvalue weighted by atomic mass is 10.1. The molecule has 0 saturated carbocycles. The summed E-state index contributed by atoms with van der Waals surface area (Å²) in [6.07, 6.45) is 0.0798. The van der Waals surface area contributed by atoms with Gasteiger partial charge < -0.3 is 15.4 Å². The Morgan fingerprint density at radius 1 is 1.39 bits per heavy atom. The van der Waals surface area contributed by atoms with E-state index < -0.39 is 0 Å². The Morgan fingerprint density at radius 2 is 2.00 bits per heavy atom. The second-order valence-electron chi connectivity index (χ2n) is 4.67. The van der Waals surface area contributed by atoms with E-state index in [2.05, 4.69) is 0 Å². The quantitative estimate of drug-likeness (QED) is 0.794. The molecule has 1 aliphatic heterocycles. The molecule has 2 atom stereocenters. The predicted octanol–water partition coefficient (Wildman–Crippen LogP) is 2.17. The van der Waals surface area contributed by atoms with Gasteiger partial charge in [-0.1, -0.05) is 17.7 Å². The highest BCUT2D eigenvalue weighted by atomic mass is 35.5. The van der Waals surface area contributed by atoms with Crippen molar-refractivity contribution in [1.82, 2.24) is 4.90 Å². The van der Waals surface area contributed by atoms with Gasteiger partial charge in [0.25, 0.3) is 5.91 Å². The van der Waals surface area contributed by atoms with Crippen LogP contribution >= 0.6 is 11.6 Å². The summed E-state index contributed by atoms with van der Waals surface area (Å²) in [7, 11) is 0. The molecule has 18 heavy (non-hydrogen) atoms. The van der Waals surface area contributed by atoms with Crippen molar-refractivity contribution in [2.75, 3.05) is 18.8 Å². The van der Waals surface area contributed by atoms with Gasteiger partial charge in [0.2, 0.25) is 0 Å². The first-order valence-corrected chi connectivity index (χ1v) is 6.35. The third-order valence-corrected chi connectivity index (χ3v) is 3.32. The highest BCUT2D eigenvalue weighted by molar-refractivity contribution is 6.33. The number of hydrogen-bond donors (Lipinski definition) is 1.